The largest absolute Gasteiger partial charge is 0.431 e. The number of hydrogen-bond acceptors (Lipinski definition) is 10. The third-order valence-electron chi connectivity index (χ3n) is 11.3. The molecule has 16 nitrogen and oxygen atoms in total. The second-order valence-electron chi connectivity index (χ2n) is 14.9. The highest BCUT2D eigenvalue weighted by Crippen LogP contribution is 2.38. The standard InChI is InChI=1S/C44H44N10O6/c1-25-26(2)36(48-22-30(25)33-24-50-40(52-33)35-16-10-20-54(35)42(56)38(60-44(46)58)28-13-7-4-8-14-28)31-18-17-29(21-47-31)32-23-49-39(51-32)34-15-9-19-53(34)41(55)37(59-43(45)57)27-11-5-3-6-12-27/h3-8,11-14,17-18,21-24,34-35,37-38H,9-10,15-16,19-20H2,1-2H3,(H2,45,57)(H2,46,58)(H,49,51)(H,50,52)/t34?,35?,37-,38-/m1/s1. The maximum Gasteiger partial charge on any atom is 0.405 e. The maximum atomic E-state index is 13.8. The normalized spacial score (nSPS) is 17.3. The molecule has 6 heterocycles. The molecule has 4 aromatic heterocycles. The number of hydrogen-bond donors (Lipinski definition) is 4. The first-order valence-electron chi connectivity index (χ1n) is 19.7. The van der Waals surface area contributed by atoms with Gasteiger partial charge in [0.1, 0.15) is 11.6 Å². The van der Waals surface area contributed by atoms with Crippen LogP contribution in [0.25, 0.3) is 33.9 Å². The number of rotatable bonds is 11. The van der Waals surface area contributed by atoms with E-state index in [1.165, 1.54) is 0 Å². The molecule has 2 unspecified atom stereocenters. The van der Waals surface area contributed by atoms with E-state index in [2.05, 4.69) is 19.9 Å². The fourth-order valence-electron chi connectivity index (χ4n) is 8.16. The van der Waals surface area contributed by atoms with Gasteiger partial charge < -0.3 is 40.7 Å². The van der Waals surface area contributed by atoms with Crippen molar-refractivity contribution >= 4 is 24.0 Å². The highest BCUT2D eigenvalue weighted by Gasteiger charge is 2.39. The highest BCUT2D eigenvalue weighted by atomic mass is 16.6. The van der Waals surface area contributed by atoms with Gasteiger partial charge in [0.05, 0.1) is 47.3 Å². The van der Waals surface area contributed by atoms with Crippen molar-refractivity contribution in [1.82, 2.24) is 39.7 Å². The average Bonchev–Trinajstić information content (AvgIpc) is 4.10. The minimum absolute atomic E-state index is 0.338. The molecule has 0 bridgehead atoms. The topological polar surface area (TPSA) is 228 Å². The smallest absolute Gasteiger partial charge is 0.405 e. The summed E-state index contributed by atoms with van der Waals surface area (Å²) in [6.45, 7) is 4.99. The zero-order chi connectivity index (χ0) is 41.9. The SMILES string of the molecule is Cc1c(-c2cnc(C3CCCN3C(=O)[C@H](OC(N)=O)c3ccccc3)[nH]2)cnc(-c2ccc(-c3cnc(C4CCCN4C(=O)[C@H](OC(N)=O)c4ccccc4)[nH]3)cn2)c1C. The number of nitrogens with two attached hydrogens (primary N) is 2. The summed E-state index contributed by atoms with van der Waals surface area (Å²) in [4.78, 5) is 80.2. The Bertz CT molecular complexity index is 2520. The predicted octanol–water partition coefficient (Wildman–Crippen LogP) is 6.54. The summed E-state index contributed by atoms with van der Waals surface area (Å²) in [5.74, 6) is 0.533. The van der Waals surface area contributed by atoms with E-state index in [0.717, 1.165) is 52.2 Å². The number of primary amides is 2. The summed E-state index contributed by atoms with van der Waals surface area (Å²) in [5.41, 5.74) is 18.3. The lowest BCUT2D eigenvalue weighted by atomic mass is 10.00. The predicted molar refractivity (Wildman–Crippen MR) is 219 cm³/mol. The molecule has 16 heteroatoms. The summed E-state index contributed by atoms with van der Waals surface area (Å²) in [7, 11) is 0. The Balaban J connectivity index is 0.967. The van der Waals surface area contributed by atoms with Crippen LogP contribution in [0.4, 0.5) is 9.59 Å². The van der Waals surface area contributed by atoms with Gasteiger partial charge in [0.15, 0.2) is 0 Å². The Hall–Kier alpha value is -7.36. The zero-order valence-corrected chi connectivity index (χ0v) is 33.1. The van der Waals surface area contributed by atoms with E-state index in [0.29, 0.717) is 54.4 Å². The van der Waals surface area contributed by atoms with Crippen molar-refractivity contribution in [2.24, 2.45) is 11.5 Å². The molecule has 2 aliphatic heterocycles. The Kier molecular flexibility index (Phi) is 11.1. The quantitative estimate of drug-likeness (QED) is 0.110. The summed E-state index contributed by atoms with van der Waals surface area (Å²) < 4.78 is 10.6. The molecule has 2 aromatic carbocycles. The number of carbonyl (C=O) groups excluding carboxylic acids is 4. The minimum atomic E-state index is -1.16. The minimum Gasteiger partial charge on any atom is -0.431 e. The number of carbonyl (C=O) groups is 4. The van der Waals surface area contributed by atoms with Crippen LogP contribution in [0.3, 0.4) is 0 Å². The average molecular weight is 809 g/mol. The van der Waals surface area contributed by atoms with Gasteiger partial charge in [-0.2, -0.15) is 0 Å². The number of nitrogens with zero attached hydrogens (tertiary/aromatic N) is 6. The van der Waals surface area contributed by atoms with Crippen molar-refractivity contribution < 1.29 is 28.7 Å². The Morgan fingerprint density at radius 1 is 0.633 bits per heavy atom. The van der Waals surface area contributed by atoms with Gasteiger partial charge >= 0.3 is 12.2 Å². The Morgan fingerprint density at radius 2 is 1.15 bits per heavy atom. The van der Waals surface area contributed by atoms with E-state index >= 15 is 0 Å². The van der Waals surface area contributed by atoms with Gasteiger partial charge in [-0.25, -0.2) is 19.6 Å². The number of ether oxygens (including phenoxy) is 2. The molecule has 0 aliphatic carbocycles. The van der Waals surface area contributed by atoms with Crippen LogP contribution >= 0.6 is 0 Å². The number of aromatic nitrogens is 6. The van der Waals surface area contributed by atoms with E-state index in [1.54, 1.807) is 83.1 Å². The molecule has 2 saturated heterocycles. The Labute approximate surface area is 345 Å². The lowest BCUT2D eigenvalue weighted by Crippen LogP contribution is -2.37. The molecule has 60 heavy (non-hydrogen) atoms. The van der Waals surface area contributed by atoms with Gasteiger partial charge in [0.25, 0.3) is 11.8 Å². The number of amides is 4. The Morgan fingerprint density at radius 3 is 1.65 bits per heavy atom. The van der Waals surface area contributed by atoms with Gasteiger partial charge in [-0.15, -0.1) is 0 Å². The molecule has 6 N–H and O–H groups in total. The van der Waals surface area contributed by atoms with Crippen molar-refractivity contribution in [2.75, 3.05) is 13.1 Å². The number of likely N-dealkylation sites (tertiary alicyclic amines) is 2. The van der Waals surface area contributed by atoms with Crippen LogP contribution in [0.1, 0.15) is 83.9 Å². The van der Waals surface area contributed by atoms with Crippen LogP contribution < -0.4 is 11.5 Å². The highest BCUT2D eigenvalue weighted by molar-refractivity contribution is 5.86. The molecule has 0 spiro atoms. The summed E-state index contributed by atoms with van der Waals surface area (Å²) in [6.07, 6.45) is 5.55. The number of benzene rings is 2. The summed E-state index contributed by atoms with van der Waals surface area (Å²) in [6, 6.07) is 20.8. The fraction of sp³-hybridized carbons (Fsp3) is 0.273. The summed E-state index contributed by atoms with van der Waals surface area (Å²) >= 11 is 0. The zero-order valence-electron chi connectivity index (χ0n) is 33.1. The van der Waals surface area contributed by atoms with Crippen LogP contribution in [-0.2, 0) is 19.1 Å². The van der Waals surface area contributed by atoms with Crippen LogP contribution in [-0.4, -0.2) is 76.8 Å². The van der Waals surface area contributed by atoms with Crippen LogP contribution in [0.2, 0.25) is 0 Å². The fourth-order valence-corrected chi connectivity index (χ4v) is 8.16. The number of pyridine rings is 2. The van der Waals surface area contributed by atoms with E-state index < -0.39 is 24.4 Å². The van der Waals surface area contributed by atoms with Crippen molar-refractivity contribution in [3.8, 4) is 33.9 Å². The van der Waals surface area contributed by atoms with Gasteiger partial charge in [0.2, 0.25) is 12.2 Å². The molecular weight excluding hydrogens is 765 g/mol. The second kappa shape index (κ2) is 16.9. The molecular formula is C44H44N10O6. The third-order valence-corrected chi connectivity index (χ3v) is 11.3. The maximum absolute atomic E-state index is 13.8. The van der Waals surface area contributed by atoms with E-state index in [-0.39, 0.29) is 23.9 Å². The monoisotopic (exact) mass is 808 g/mol. The first-order chi connectivity index (χ1) is 29.1. The van der Waals surface area contributed by atoms with Crippen LogP contribution in [0.5, 0.6) is 0 Å². The summed E-state index contributed by atoms with van der Waals surface area (Å²) in [5, 5.41) is 0. The first kappa shape index (κ1) is 39.5. The first-order valence-corrected chi connectivity index (χ1v) is 19.7. The van der Waals surface area contributed by atoms with Crippen molar-refractivity contribution in [2.45, 2.75) is 63.8 Å². The van der Waals surface area contributed by atoms with Gasteiger partial charge in [0, 0.05) is 47.7 Å². The lowest BCUT2D eigenvalue weighted by Gasteiger charge is -2.27. The molecule has 8 rings (SSSR count). The van der Waals surface area contributed by atoms with Crippen LogP contribution in [0.15, 0.2) is 97.6 Å². The second-order valence-corrected chi connectivity index (χ2v) is 14.9. The molecule has 2 fully saturated rings. The van der Waals surface area contributed by atoms with Crippen molar-refractivity contribution in [1.29, 1.82) is 0 Å². The number of aromatic amines is 2. The molecule has 4 atom stereocenters. The number of nitrogens with one attached hydrogen (secondary N) is 2. The number of H-pyrrole nitrogens is 2. The van der Waals surface area contributed by atoms with E-state index in [4.69, 9.17) is 30.9 Å². The van der Waals surface area contributed by atoms with Crippen molar-refractivity contribution in [3.63, 3.8) is 0 Å². The third kappa shape index (κ3) is 7.90. The molecule has 306 valence electrons. The van der Waals surface area contributed by atoms with E-state index in [9.17, 15) is 19.2 Å². The molecule has 4 amide bonds. The van der Waals surface area contributed by atoms with Gasteiger partial charge in [-0.1, -0.05) is 60.7 Å². The van der Waals surface area contributed by atoms with Gasteiger partial charge in [-0.3, -0.25) is 19.6 Å². The lowest BCUT2D eigenvalue weighted by molar-refractivity contribution is -0.142. The molecule has 0 radical (unpaired) electrons. The molecule has 6 aromatic rings. The number of imidazole rings is 2. The van der Waals surface area contributed by atoms with Crippen molar-refractivity contribution in [3.05, 3.63) is 131 Å². The molecule has 0 saturated carbocycles. The molecule has 2 aliphatic rings. The van der Waals surface area contributed by atoms with Crippen LogP contribution in [0, 0.1) is 13.8 Å². The van der Waals surface area contributed by atoms with E-state index in [1.807, 2.05) is 38.1 Å². The van der Waals surface area contributed by atoms with Gasteiger partial charge in [-0.05, 0) is 62.8 Å².